The van der Waals surface area contributed by atoms with E-state index in [-0.39, 0.29) is 22.9 Å². The Balaban J connectivity index is 2.30. The number of sulfone groups is 1. The lowest BCUT2D eigenvalue weighted by atomic mass is 10.2. The topological polar surface area (TPSA) is 131 Å². The number of hydrogen-bond acceptors (Lipinski definition) is 6. The van der Waals surface area contributed by atoms with Crippen LogP contribution in [0, 0.1) is 11.3 Å². The number of rotatable bonds is 4. The number of hydrogen-bond donors (Lipinski definition) is 1. The van der Waals surface area contributed by atoms with Crippen LogP contribution in [0.4, 0.5) is 4.79 Å². The minimum atomic E-state index is -3.88. The van der Waals surface area contributed by atoms with E-state index < -0.39 is 39.7 Å². The van der Waals surface area contributed by atoms with Gasteiger partial charge < -0.3 is 15.4 Å². The largest absolute Gasteiger partial charge is 0.449 e. The van der Waals surface area contributed by atoms with Crippen LogP contribution in [0.3, 0.4) is 0 Å². The van der Waals surface area contributed by atoms with Gasteiger partial charge in [-0.1, -0.05) is 23.7 Å². The third kappa shape index (κ3) is 3.44. The molecule has 1 aliphatic rings. The van der Waals surface area contributed by atoms with Crippen LogP contribution < -0.4 is 5.73 Å². The molecule has 2 N–H and O–H groups in total. The molecule has 1 heterocycles. The first kappa shape index (κ1) is 18.0. The molecule has 0 radical (unpaired) electrons. The lowest BCUT2D eigenvalue weighted by Gasteiger charge is -2.20. The van der Waals surface area contributed by atoms with E-state index in [1.165, 1.54) is 18.2 Å². The van der Waals surface area contributed by atoms with E-state index in [1.54, 1.807) is 12.1 Å². The van der Waals surface area contributed by atoms with E-state index in [2.05, 4.69) is 4.74 Å². The van der Waals surface area contributed by atoms with Gasteiger partial charge in [-0.2, -0.15) is 5.26 Å². The van der Waals surface area contributed by atoms with Gasteiger partial charge in [-0.05, 0) is 18.6 Å². The average Bonchev–Trinajstić information content (AvgIpc) is 2.99. The first-order chi connectivity index (χ1) is 11.3. The number of ether oxygens (including phenoxy) is 1. The van der Waals surface area contributed by atoms with Crippen LogP contribution in [0.15, 0.2) is 29.2 Å². The normalized spacial score (nSPS) is 20.4. The molecule has 128 valence electrons. The van der Waals surface area contributed by atoms with E-state index in [0.717, 1.165) is 4.90 Å². The van der Waals surface area contributed by atoms with E-state index in [9.17, 15) is 18.0 Å². The molecule has 1 saturated heterocycles. The molecule has 10 heteroatoms. The quantitative estimate of drug-likeness (QED) is 0.775. The molecule has 1 aliphatic heterocycles. The van der Waals surface area contributed by atoms with E-state index in [0.29, 0.717) is 0 Å². The molecule has 1 aromatic rings. The number of esters is 1. The average molecular weight is 372 g/mol. The molecule has 1 aromatic carbocycles. The molecular formula is C14H14ClN3O5S. The maximum atomic E-state index is 12.7. The predicted octanol–water partition coefficient (Wildman–Crippen LogP) is 0.702. The first-order valence-corrected chi connectivity index (χ1v) is 8.79. The van der Waals surface area contributed by atoms with Gasteiger partial charge in [0.15, 0.2) is 16.4 Å². The smallest absolute Gasteiger partial charge is 0.330 e. The number of carbonyl (C=O) groups is 2. The Labute approximate surface area is 143 Å². The van der Waals surface area contributed by atoms with E-state index in [4.69, 9.17) is 22.6 Å². The Bertz CT molecular complexity index is 805. The third-order valence-corrected chi connectivity index (χ3v) is 6.31. The molecule has 24 heavy (non-hydrogen) atoms. The maximum Gasteiger partial charge on any atom is 0.330 e. The number of primary amides is 1. The summed E-state index contributed by atoms with van der Waals surface area (Å²) >= 11 is 5.94. The van der Waals surface area contributed by atoms with Crippen LogP contribution in [-0.2, 0) is 19.4 Å². The highest BCUT2D eigenvalue weighted by molar-refractivity contribution is 7.92. The molecule has 0 bridgehead atoms. The van der Waals surface area contributed by atoms with Crippen molar-refractivity contribution in [2.75, 3.05) is 13.2 Å². The highest BCUT2D eigenvalue weighted by atomic mass is 35.5. The van der Waals surface area contributed by atoms with Crippen molar-refractivity contribution in [1.82, 2.24) is 4.90 Å². The molecule has 8 nitrogen and oxygen atoms in total. The van der Waals surface area contributed by atoms with Crippen LogP contribution >= 0.6 is 11.6 Å². The fourth-order valence-corrected chi connectivity index (χ4v) is 4.76. The number of amides is 2. The lowest BCUT2D eigenvalue weighted by molar-refractivity contribution is -0.146. The summed E-state index contributed by atoms with van der Waals surface area (Å²) in [6.45, 7) is -0.751. The summed E-state index contributed by atoms with van der Waals surface area (Å²) < 4.78 is 30.2. The van der Waals surface area contributed by atoms with Crippen LogP contribution in [0.25, 0.3) is 0 Å². The van der Waals surface area contributed by atoms with E-state index >= 15 is 0 Å². The number of nitrogens with zero attached hydrogens (tertiary/aromatic N) is 2. The van der Waals surface area contributed by atoms with Crippen molar-refractivity contribution < 1.29 is 22.7 Å². The van der Waals surface area contributed by atoms with Gasteiger partial charge in [-0.15, -0.1) is 0 Å². The van der Waals surface area contributed by atoms with Crippen molar-refractivity contribution in [3.63, 3.8) is 0 Å². The second kappa shape index (κ2) is 7.07. The summed E-state index contributed by atoms with van der Waals surface area (Å²) in [6, 6.07) is 5.44. The summed E-state index contributed by atoms with van der Waals surface area (Å²) in [6.07, 6.45) is -0.180. The summed E-state index contributed by atoms with van der Waals surface area (Å²) in [5.41, 5.74) is 5.22. The van der Waals surface area contributed by atoms with Crippen molar-refractivity contribution in [2.45, 2.75) is 22.6 Å². The highest BCUT2D eigenvalue weighted by Crippen LogP contribution is 2.31. The van der Waals surface area contributed by atoms with Gasteiger partial charge in [0.05, 0.1) is 15.2 Å². The fraction of sp³-hybridized carbons (Fsp3) is 0.357. The van der Waals surface area contributed by atoms with Gasteiger partial charge in [-0.3, -0.25) is 0 Å². The predicted molar refractivity (Wildman–Crippen MR) is 83.7 cm³/mol. The molecule has 0 unspecified atom stereocenters. The van der Waals surface area contributed by atoms with Crippen molar-refractivity contribution in [3.05, 3.63) is 29.3 Å². The van der Waals surface area contributed by atoms with E-state index in [1.807, 2.05) is 0 Å². The molecule has 0 saturated carbocycles. The number of urea groups is 1. The molecule has 2 atom stereocenters. The fourth-order valence-electron chi connectivity index (χ4n) is 2.54. The number of nitrogens with two attached hydrogens (primary N) is 1. The molecular weight excluding hydrogens is 358 g/mol. The standard InChI is InChI=1S/C14H14ClN3O5S/c15-10-3-1-2-4-12(10)24(21,22)9-7-11(13(19)23-6-5-16)18(8-9)14(17)20/h1-4,9,11H,6-8H2,(H2,17,20)/t9-,11+/m1/s1. The molecule has 0 spiro atoms. The van der Waals surface area contributed by atoms with Crippen LogP contribution in [0.1, 0.15) is 6.42 Å². The SMILES string of the molecule is N#CCOC(=O)[C@@H]1C[C@@H](S(=O)(=O)c2ccccc2Cl)CN1C(N)=O. The van der Waals surface area contributed by atoms with Crippen LogP contribution in [0.5, 0.6) is 0 Å². The second-order valence-electron chi connectivity index (χ2n) is 5.11. The number of benzene rings is 1. The monoisotopic (exact) mass is 371 g/mol. The van der Waals surface area contributed by atoms with Crippen molar-refractivity contribution >= 4 is 33.4 Å². The molecule has 2 amide bonds. The lowest BCUT2D eigenvalue weighted by Crippen LogP contribution is -2.44. The van der Waals surface area contributed by atoms with Gasteiger partial charge in [0.1, 0.15) is 12.1 Å². The Morgan fingerprint density at radius 2 is 2.08 bits per heavy atom. The summed E-state index contributed by atoms with van der Waals surface area (Å²) in [4.78, 5) is 24.3. The summed E-state index contributed by atoms with van der Waals surface area (Å²) in [5.74, 6) is -0.868. The van der Waals surface area contributed by atoms with Gasteiger partial charge in [0.2, 0.25) is 0 Å². The van der Waals surface area contributed by atoms with Gasteiger partial charge in [0.25, 0.3) is 0 Å². The molecule has 0 aromatic heterocycles. The van der Waals surface area contributed by atoms with Crippen molar-refractivity contribution in [1.29, 1.82) is 5.26 Å². The minimum absolute atomic E-state index is 0.0543. The number of likely N-dealkylation sites (tertiary alicyclic amines) is 1. The van der Waals surface area contributed by atoms with Crippen LogP contribution in [0.2, 0.25) is 5.02 Å². The Morgan fingerprint density at radius 3 is 2.67 bits per heavy atom. The molecule has 1 fully saturated rings. The van der Waals surface area contributed by atoms with Crippen molar-refractivity contribution in [3.8, 4) is 6.07 Å². The zero-order valence-electron chi connectivity index (χ0n) is 12.4. The molecule has 2 rings (SSSR count). The zero-order valence-corrected chi connectivity index (χ0v) is 14.0. The van der Waals surface area contributed by atoms with Crippen molar-refractivity contribution in [2.24, 2.45) is 5.73 Å². The summed E-state index contributed by atoms with van der Waals surface area (Å²) in [5, 5.41) is 7.45. The van der Waals surface area contributed by atoms with Gasteiger partial charge in [0, 0.05) is 6.54 Å². The van der Waals surface area contributed by atoms with Crippen LogP contribution in [-0.4, -0.2) is 49.8 Å². The number of nitriles is 1. The second-order valence-corrected chi connectivity index (χ2v) is 7.71. The number of carbonyl (C=O) groups excluding carboxylic acids is 2. The Hall–Kier alpha value is -2.31. The minimum Gasteiger partial charge on any atom is -0.449 e. The first-order valence-electron chi connectivity index (χ1n) is 6.87. The highest BCUT2D eigenvalue weighted by Gasteiger charge is 2.46. The zero-order chi connectivity index (χ0) is 17.9. The van der Waals surface area contributed by atoms with Gasteiger partial charge >= 0.3 is 12.0 Å². The molecule has 0 aliphatic carbocycles. The third-order valence-electron chi connectivity index (χ3n) is 3.68. The van der Waals surface area contributed by atoms with Gasteiger partial charge in [-0.25, -0.2) is 18.0 Å². The Morgan fingerprint density at radius 1 is 1.42 bits per heavy atom. The summed E-state index contributed by atoms with van der Waals surface area (Å²) in [7, 11) is -3.88. The Kier molecular flexibility index (Phi) is 5.31. The maximum absolute atomic E-state index is 12.7. The number of halogens is 1.